The molecule has 19 heavy (non-hydrogen) atoms. The van der Waals surface area contributed by atoms with Crippen LogP contribution >= 0.6 is 11.8 Å². The Morgan fingerprint density at radius 1 is 1.32 bits per heavy atom. The van der Waals surface area contributed by atoms with E-state index < -0.39 is 11.5 Å². The van der Waals surface area contributed by atoms with Crippen molar-refractivity contribution >= 4 is 23.6 Å². The molecule has 0 fully saturated rings. The van der Waals surface area contributed by atoms with E-state index in [1.165, 1.54) is 25.6 Å². The van der Waals surface area contributed by atoms with E-state index in [0.29, 0.717) is 0 Å². The van der Waals surface area contributed by atoms with Crippen LogP contribution in [0, 0.1) is 13.8 Å². The van der Waals surface area contributed by atoms with Gasteiger partial charge in [0.1, 0.15) is 5.54 Å². The van der Waals surface area contributed by atoms with Gasteiger partial charge in [0.2, 0.25) is 5.91 Å². The fourth-order valence-electron chi connectivity index (χ4n) is 1.44. The second kappa shape index (κ2) is 6.10. The molecule has 0 saturated heterocycles. The molecule has 0 atom stereocenters. The first-order valence-electron chi connectivity index (χ1n) is 5.97. The monoisotopic (exact) mass is 281 g/mol. The maximum atomic E-state index is 11.7. The Balaban J connectivity index is 2.60. The van der Waals surface area contributed by atoms with Gasteiger partial charge in [0.15, 0.2) is 0 Å². The summed E-state index contributed by atoms with van der Waals surface area (Å²) >= 11 is 1.42. The molecule has 0 saturated carbocycles. The zero-order valence-corrected chi connectivity index (χ0v) is 12.4. The van der Waals surface area contributed by atoms with Crippen LogP contribution in [0.5, 0.6) is 0 Å². The molecule has 0 unspecified atom stereocenters. The molecule has 0 aliphatic carbocycles. The van der Waals surface area contributed by atoms with Crippen molar-refractivity contribution in [2.45, 2.75) is 38.1 Å². The molecule has 4 nitrogen and oxygen atoms in total. The molecule has 1 aromatic carbocycles. The molecule has 2 N–H and O–H groups in total. The Hall–Kier alpha value is -1.49. The molecule has 1 aromatic rings. The zero-order valence-electron chi connectivity index (χ0n) is 11.6. The van der Waals surface area contributed by atoms with Crippen LogP contribution in [0.2, 0.25) is 0 Å². The van der Waals surface area contributed by atoms with Gasteiger partial charge in [-0.25, -0.2) is 4.79 Å². The summed E-state index contributed by atoms with van der Waals surface area (Å²) in [6, 6.07) is 6.05. The van der Waals surface area contributed by atoms with Gasteiger partial charge in [-0.3, -0.25) is 4.79 Å². The summed E-state index contributed by atoms with van der Waals surface area (Å²) < 4.78 is 0. The lowest BCUT2D eigenvalue weighted by molar-refractivity contribution is -0.145. The summed E-state index contributed by atoms with van der Waals surface area (Å²) in [4.78, 5) is 23.7. The molecule has 1 rings (SSSR count). The summed E-state index contributed by atoms with van der Waals surface area (Å²) in [6.07, 6.45) is 0. The number of amides is 1. The molecular formula is C14H19NO3S. The maximum Gasteiger partial charge on any atom is 0.328 e. The van der Waals surface area contributed by atoms with Gasteiger partial charge in [-0.05, 0) is 39.3 Å². The Kier molecular flexibility index (Phi) is 5.00. The van der Waals surface area contributed by atoms with E-state index in [1.807, 2.05) is 32.0 Å². The highest BCUT2D eigenvalue weighted by molar-refractivity contribution is 8.00. The molecule has 0 aliphatic heterocycles. The van der Waals surface area contributed by atoms with Crippen molar-refractivity contribution in [1.82, 2.24) is 5.32 Å². The fraction of sp³-hybridized carbons (Fsp3) is 0.429. The normalized spacial score (nSPS) is 11.2. The lowest BCUT2D eigenvalue weighted by Crippen LogP contribution is -2.50. The molecule has 0 radical (unpaired) electrons. The van der Waals surface area contributed by atoms with E-state index >= 15 is 0 Å². The van der Waals surface area contributed by atoms with Crippen LogP contribution < -0.4 is 5.32 Å². The molecular weight excluding hydrogens is 262 g/mol. The first kappa shape index (κ1) is 15.6. The van der Waals surface area contributed by atoms with Crippen LogP contribution in [-0.4, -0.2) is 28.3 Å². The third kappa shape index (κ3) is 4.59. The number of nitrogens with one attached hydrogen (secondary N) is 1. The molecule has 0 bridgehead atoms. The third-order valence-corrected chi connectivity index (χ3v) is 3.85. The summed E-state index contributed by atoms with van der Waals surface area (Å²) in [7, 11) is 0. The Bertz CT molecular complexity index is 497. The minimum Gasteiger partial charge on any atom is -0.480 e. The van der Waals surface area contributed by atoms with Gasteiger partial charge in [-0.2, -0.15) is 0 Å². The number of carboxylic acid groups (broad SMARTS) is 1. The van der Waals surface area contributed by atoms with Gasteiger partial charge in [-0.1, -0.05) is 17.7 Å². The molecule has 104 valence electrons. The Morgan fingerprint density at radius 2 is 1.95 bits per heavy atom. The highest BCUT2D eigenvalue weighted by Crippen LogP contribution is 2.23. The average molecular weight is 281 g/mol. The molecule has 0 aliphatic rings. The minimum atomic E-state index is -1.24. The standard InChI is InChI=1S/C14H19NO3S/c1-9-5-6-10(2)11(7-9)19-8-12(16)15-14(3,4)13(17)18/h5-7H,8H2,1-4H3,(H,15,16)(H,17,18). The number of carboxylic acids is 1. The highest BCUT2D eigenvalue weighted by Gasteiger charge is 2.28. The minimum absolute atomic E-state index is 0.209. The maximum absolute atomic E-state index is 11.7. The predicted molar refractivity (Wildman–Crippen MR) is 76.5 cm³/mol. The quantitative estimate of drug-likeness (QED) is 0.813. The van der Waals surface area contributed by atoms with Gasteiger partial charge in [0.25, 0.3) is 0 Å². The van der Waals surface area contributed by atoms with Crippen LogP contribution in [0.25, 0.3) is 0 Å². The van der Waals surface area contributed by atoms with Gasteiger partial charge < -0.3 is 10.4 Å². The van der Waals surface area contributed by atoms with Crippen LogP contribution in [-0.2, 0) is 9.59 Å². The molecule has 0 heterocycles. The van der Waals surface area contributed by atoms with E-state index in [9.17, 15) is 9.59 Å². The first-order chi connectivity index (χ1) is 8.72. The van der Waals surface area contributed by atoms with E-state index in [0.717, 1.165) is 16.0 Å². The number of carbonyl (C=O) groups excluding carboxylic acids is 1. The van der Waals surface area contributed by atoms with Crippen molar-refractivity contribution in [3.05, 3.63) is 29.3 Å². The van der Waals surface area contributed by atoms with Crippen molar-refractivity contribution in [2.24, 2.45) is 0 Å². The predicted octanol–water partition coefficient (Wildman–Crippen LogP) is 2.37. The van der Waals surface area contributed by atoms with Crippen LogP contribution in [0.1, 0.15) is 25.0 Å². The van der Waals surface area contributed by atoms with E-state index in [1.54, 1.807) is 0 Å². The number of aryl methyl sites for hydroxylation is 2. The lowest BCUT2D eigenvalue weighted by atomic mass is 10.1. The number of rotatable bonds is 5. The Morgan fingerprint density at radius 3 is 2.53 bits per heavy atom. The van der Waals surface area contributed by atoms with Gasteiger partial charge in [-0.15, -0.1) is 11.8 Å². The highest BCUT2D eigenvalue weighted by atomic mass is 32.2. The first-order valence-corrected chi connectivity index (χ1v) is 6.95. The number of carbonyl (C=O) groups is 2. The van der Waals surface area contributed by atoms with Crippen molar-refractivity contribution in [1.29, 1.82) is 0 Å². The molecule has 1 amide bonds. The van der Waals surface area contributed by atoms with Crippen LogP contribution in [0.4, 0.5) is 0 Å². The van der Waals surface area contributed by atoms with Gasteiger partial charge in [0, 0.05) is 4.90 Å². The number of thioether (sulfide) groups is 1. The van der Waals surface area contributed by atoms with E-state index in [-0.39, 0.29) is 11.7 Å². The SMILES string of the molecule is Cc1ccc(C)c(SCC(=O)NC(C)(C)C(=O)O)c1. The fourth-order valence-corrected chi connectivity index (χ4v) is 2.37. The summed E-state index contributed by atoms with van der Waals surface area (Å²) in [6.45, 7) is 6.92. The summed E-state index contributed by atoms with van der Waals surface area (Å²) in [5.41, 5.74) is 1.01. The van der Waals surface area contributed by atoms with Crippen molar-refractivity contribution in [3.8, 4) is 0 Å². The van der Waals surface area contributed by atoms with Crippen LogP contribution in [0.3, 0.4) is 0 Å². The molecule has 0 aromatic heterocycles. The van der Waals surface area contributed by atoms with E-state index in [2.05, 4.69) is 5.32 Å². The second-order valence-corrected chi connectivity index (χ2v) is 6.05. The van der Waals surface area contributed by atoms with Gasteiger partial charge in [0.05, 0.1) is 5.75 Å². The zero-order chi connectivity index (χ0) is 14.6. The van der Waals surface area contributed by atoms with Crippen molar-refractivity contribution in [3.63, 3.8) is 0 Å². The topological polar surface area (TPSA) is 66.4 Å². The summed E-state index contributed by atoms with van der Waals surface area (Å²) in [5, 5.41) is 11.4. The number of aliphatic carboxylic acids is 1. The number of hydrogen-bond acceptors (Lipinski definition) is 3. The largest absolute Gasteiger partial charge is 0.480 e. The average Bonchev–Trinajstić information content (AvgIpc) is 2.29. The third-order valence-electron chi connectivity index (χ3n) is 2.69. The molecule has 5 heteroatoms. The van der Waals surface area contributed by atoms with Crippen LogP contribution in [0.15, 0.2) is 23.1 Å². The second-order valence-electron chi connectivity index (χ2n) is 5.04. The molecule has 0 spiro atoms. The summed E-state index contributed by atoms with van der Waals surface area (Å²) in [5.74, 6) is -1.11. The Labute approximate surface area is 117 Å². The number of benzene rings is 1. The van der Waals surface area contributed by atoms with Crippen molar-refractivity contribution < 1.29 is 14.7 Å². The smallest absolute Gasteiger partial charge is 0.328 e. The van der Waals surface area contributed by atoms with Gasteiger partial charge >= 0.3 is 5.97 Å². The van der Waals surface area contributed by atoms with Crippen molar-refractivity contribution in [2.75, 3.05) is 5.75 Å². The van der Waals surface area contributed by atoms with E-state index in [4.69, 9.17) is 5.11 Å². The lowest BCUT2D eigenvalue weighted by Gasteiger charge is -2.20. The number of hydrogen-bond donors (Lipinski definition) is 2.